The van der Waals surface area contributed by atoms with E-state index in [4.69, 9.17) is 33.7 Å². The summed E-state index contributed by atoms with van der Waals surface area (Å²) < 4.78 is 5.58. The van der Waals surface area contributed by atoms with Crippen molar-refractivity contribution in [1.29, 1.82) is 5.26 Å². The van der Waals surface area contributed by atoms with Crippen molar-refractivity contribution in [3.63, 3.8) is 0 Å². The van der Waals surface area contributed by atoms with Crippen molar-refractivity contribution in [2.75, 3.05) is 4.90 Å². The monoisotopic (exact) mass is 451 g/mol. The normalized spacial score (nSPS) is 19.3. The number of rotatable bonds is 2. The third kappa shape index (κ3) is 2.52. The van der Waals surface area contributed by atoms with Crippen molar-refractivity contribution in [3.05, 3.63) is 86.4 Å². The number of aromatic amines is 1. The first-order valence-electron chi connectivity index (χ1n) is 9.38. The van der Waals surface area contributed by atoms with Gasteiger partial charge in [0.1, 0.15) is 17.1 Å². The van der Waals surface area contributed by atoms with Crippen LogP contribution < -0.4 is 15.4 Å². The number of fused-ring (bicyclic) bond motifs is 4. The van der Waals surface area contributed by atoms with E-state index in [1.807, 2.05) is 30.3 Å². The quantitative estimate of drug-likeness (QED) is 0.613. The molecule has 7 nitrogen and oxygen atoms in total. The molecule has 5 rings (SSSR count). The number of nitrogens with two attached hydrogens (primary N) is 1. The van der Waals surface area contributed by atoms with Gasteiger partial charge in [0.2, 0.25) is 17.7 Å². The Kier molecular flexibility index (Phi) is 4.26. The van der Waals surface area contributed by atoms with Gasteiger partial charge in [0.05, 0.1) is 22.2 Å². The molecular formula is C22H15Cl2N5O2. The molecule has 31 heavy (non-hydrogen) atoms. The van der Waals surface area contributed by atoms with E-state index in [-0.39, 0.29) is 29.8 Å². The number of anilines is 1. The molecule has 3 N–H and O–H groups in total. The second kappa shape index (κ2) is 6.77. The third-order valence-electron chi connectivity index (χ3n) is 5.72. The zero-order valence-corrected chi connectivity index (χ0v) is 17.8. The SMILES string of the molecule is Cc1[nH]nc2c1C1(C(=O)N(Cc3ccc(Cl)c(Cl)c3)c3ccccc31)C(C#N)=C(N)O2. The second-order valence-electron chi connectivity index (χ2n) is 7.39. The molecule has 9 heteroatoms. The summed E-state index contributed by atoms with van der Waals surface area (Å²) in [6.45, 7) is 2.02. The zero-order chi connectivity index (χ0) is 21.9. The molecule has 0 saturated carbocycles. The van der Waals surface area contributed by atoms with E-state index in [2.05, 4.69) is 16.3 Å². The number of para-hydroxylation sites is 1. The molecule has 1 amide bonds. The highest BCUT2D eigenvalue weighted by Crippen LogP contribution is 2.55. The number of hydrogen-bond acceptors (Lipinski definition) is 5. The van der Waals surface area contributed by atoms with E-state index in [9.17, 15) is 10.1 Å². The summed E-state index contributed by atoms with van der Waals surface area (Å²) in [4.78, 5) is 15.8. The number of nitrogens with zero attached hydrogens (tertiary/aromatic N) is 3. The molecule has 1 spiro atoms. The van der Waals surface area contributed by atoms with Gasteiger partial charge in [-0.3, -0.25) is 9.89 Å². The molecule has 2 aliphatic heterocycles. The maximum atomic E-state index is 14.2. The summed E-state index contributed by atoms with van der Waals surface area (Å²) in [6, 6.07) is 14.7. The van der Waals surface area contributed by atoms with Gasteiger partial charge in [0.15, 0.2) is 0 Å². The Morgan fingerprint density at radius 2 is 2.03 bits per heavy atom. The Bertz CT molecular complexity index is 1340. The van der Waals surface area contributed by atoms with Gasteiger partial charge in [-0.05, 0) is 30.7 Å². The number of carbonyl (C=O) groups is 1. The van der Waals surface area contributed by atoms with Crippen molar-refractivity contribution in [2.45, 2.75) is 18.9 Å². The predicted octanol–water partition coefficient (Wildman–Crippen LogP) is 3.94. The van der Waals surface area contributed by atoms with Gasteiger partial charge in [0, 0.05) is 16.9 Å². The number of amides is 1. The average molecular weight is 452 g/mol. The minimum atomic E-state index is -1.45. The minimum Gasteiger partial charge on any atom is -0.420 e. The van der Waals surface area contributed by atoms with Crippen LogP contribution in [0.1, 0.15) is 22.4 Å². The second-order valence-corrected chi connectivity index (χ2v) is 8.20. The van der Waals surface area contributed by atoms with Crippen LogP contribution in [-0.4, -0.2) is 16.1 Å². The fourth-order valence-corrected chi connectivity index (χ4v) is 4.76. The first-order chi connectivity index (χ1) is 14.9. The standard InChI is InChI=1S/C22H15Cl2N5O2/c1-11-18-20(28-27-11)31-19(26)14(9-25)22(18)13-4-2-3-5-17(13)29(21(22)30)10-12-6-7-15(23)16(24)8-12/h2-8H,10,26H2,1H3,(H,27,28). The van der Waals surface area contributed by atoms with Gasteiger partial charge in [-0.2, -0.15) is 5.26 Å². The van der Waals surface area contributed by atoms with Crippen LogP contribution in [0.4, 0.5) is 5.69 Å². The molecule has 154 valence electrons. The highest BCUT2D eigenvalue weighted by Gasteiger charge is 2.60. The number of nitrogens with one attached hydrogen (secondary N) is 1. The molecule has 0 bridgehead atoms. The maximum Gasteiger partial charge on any atom is 0.248 e. The zero-order valence-electron chi connectivity index (χ0n) is 16.2. The molecular weight excluding hydrogens is 437 g/mol. The fourth-order valence-electron chi connectivity index (χ4n) is 4.44. The van der Waals surface area contributed by atoms with Gasteiger partial charge in [-0.1, -0.05) is 47.5 Å². The minimum absolute atomic E-state index is 0.0404. The summed E-state index contributed by atoms with van der Waals surface area (Å²) in [5, 5.41) is 17.9. The van der Waals surface area contributed by atoms with Crippen molar-refractivity contribution in [2.24, 2.45) is 5.73 Å². The molecule has 0 fully saturated rings. The molecule has 2 aromatic carbocycles. The lowest BCUT2D eigenvalue weighted by Gasteiger charge is -2.32. The van der Waals surface area contributed by atoms with Gasteiger partial charge >= 0.3 is 0 Å². The Balaban J connectivity index is 1.76. The van der Waals surface area contributed by atoms with Crippen molar-refractivity contribution >= 4 is 34.8 Å². The van der Waals surface area contributed by atoms with Crippen molar-refractivity contribution in [3.8, 4) is 11.9 Å². The highest BCUT2D eigenvalue weighted by atomic mass is 35.5. The maximum absolute atomic E-state index is 14.2. The number of nitriles is 1. The number of aromatic nitrogens is 2. The van der Waals surface area contributed by atoms with Gasteiger partial charge in [0.25, 0.3) is 0 Å². The lowest BCUT2D eigenvalue weighted by Crippen LogP contribution is -2.45. The first-order valence-corrected chi connectivity index (χ1v) is 10.1. The summed E-state index contributed by atoms with van der Waals surface area (Å²) >= 11 is 12.2. The van der Waals surface area contributed by atoms with E-state index < -0.39 is 5.41 Å². The number of benzene rings is 2. The molecule has 1 aromatic heterocycles. The van der Waals surface area contributed by atoms with E-state index in [1.165, 1.54) is 0 Å². The van der Waals surface area contributed by atoms with Crippen molar-refractivity contribution < 1.29 is 9.53 Å². The molecule has 0 saturated heterocycles. The topological polar surface area (TPSA) is 108 Å². The van der Waals surface area contributed by atoms with Crippen LogP contribution in [0.5, 0.6) is 5.88 Å². The summed E-state index contributed by atoms with van der Waals surface area (Å²) in [5.41, 5.74) is 7.92. The Morgan fingerprint density at radius 1 is 1.26 bits per heavy atom. The van der Waals surface area contributed by atoms with E-state index >= 15 is 0 Å². The van der Waals surface area contributed by atoms with Crippen LogP contribution in [0.15, 0.2) is 53.9 Å². The highest BCUT2D eigenvalue weighted by molar-refractivity contribution is 6.42. The fraction of sp³-hybridized carbons (Fsp3) is 0.136. The van der Waals surface area contributed by atoms with Crippen molar-refractivity contribution in [1.82, 2.24) is 10.2 Å². The number of halogens is 2. The number of H-pyrrole nitrogens is 1. The molecule has 1 atom stereocenters. The first kappa shape index (κ1) is 19.5. The van der Waals surface area contributed by atoms with Crippen LogP contribution in [0.3, 0.4) is 0 Å². The Labute approximate surface area is 187 Å². The lowest BCUT2D eigenvalue weighted by atomic mass is 9.69. The van der Waals surface area contributed by atoms with Gasteiger partial charge in [-0.25, -0.2) is 0 Å². The molecule has 1 unspecified atom stereocenters. The number of ether oxygens (including phenoxy) is 1. The molecule has 3 aromatic rings. The Hall–Kier alpha value is -3.47. The molecule has 0 radical (unpaired) electrons. The molecule has 3 heterocycles. The van der Waals surface area contributed by atoms with Gasteiger partial charge in [-0.15, -0.1) is 5.10 Å². The van der Waals surface area contributed by atoms with Crippen LogP contribution in [0.25, 0.3) is 0 Å². The van der Waals surface area contributed by atoms with E-state index in [1.54, 1.807) is 24.0 Å². The summed E-state index contributed by atoms with van der Waals surface area (Å²) in [5.74, 6) is -0.261. The average Bonchev–Trinajstić information content (AvgIpc) is 3.23. The van der Waals surface area contributed by atoms with Crippen LogP contribution in [0.2, 0.25) is 10.0 Å². The smallest absolute Gasteiger partial charge is 0.248 e. The largest absolute Gasteiger partial charge is 0.420 e. The van der Waals surface area contributed by atoms with E-state index in [0.717, 1.165) is 5.56 Å². The number of carbonyl (C=O) groups excluding carboxylic acids is 1. The predicted molar refractivity (Wildman–Crippen MR) is 116 cm³/mol. The number of aryl methyl sites for hydroxylation is 1. The summed E-state index contributed by atoms with van der Waals surface area (Å²) in [6.07, 6.45) is 0. The van der Waals surface area contributed by atoms with Crippen LogP contribution in [-0.2, 0) is 16.8 Å². The third-order valence-corrected chi connectivity index (χ3v) is 6.46. The summed E-state index contributed by atoms with van der Waals surface area (Å²) in [7, 11) is 0. The molecule has 0 aliphatic carbocycles. The van der Waals surface area contributed by atoms with Gasteiger partial charge < -0.3 is 15.4 Å². The van der Waals surface area contributed by atoms with E-state index in [0.29, 0.717) is 32.6 Å². The Morgan fingerprint density at radius 3 is 2.77 bits per heavy atom. The lowest BCUT2D eigenvalue weighted by molar-refractivity contribution is -0.121. The van der Waals surface area contributed by atoms with Crippen LogP contribution >= 0.6 is 23.2 Å². The number of hydrogen-bond donors (Lipinski definition) is 2. The van der Waals surface area contributed by atoms with Crippen LogP contribution in [0, 0.1) is 18.3 Å². The molecule has 2 aliphatic rings.